The number of aromatic nitrogens is 4. The number of carboxylic acids is 1. The molecule has 2 N–H and O–H groups in total. The number of imidazole rings is 1. The first-order valence-electron chi connectivity index (χ1n) is 8.69. The van der Waals surface area contributed by atoms with E-state index in [4.69, 9.17) is 9.90 Å². The van der Waals surface area contributed by atoms with Crippen molar-refractivity contribution in [2.45, 2.75) is 26.2 Å². The van der Waals surface area contributed by atoms with Gasteiger partial charge in [0.2, 0.25) is 5.91 Å². The third-order valence-corrected chi connectivity index (χ3v) is 4.44. The Bertz CT molecular complexity index is 1140. The van der Waals surface area contributed by atoms with Crippen LogP contribution in [0.5, 0.6) is 0 Å². The van der Waals surface area contributed by atoms with Crippen molar-refractivity contribution in [1.82, 2.24) is 24.6 Å². The number of fused-ring (bicyclic) bond motifs is 1. The summed E-state index contributed by atoms with van der Waals surface area (Å²) in [7, 11) is 0. The van der Waals surface area contributed by atoms with Crippen molar-refractivity contribution in [3.8, 4) is 0 Å². The highest BCUT2D eigenvalue weighted by atomic mass is 79.9. The lowest BCUT2D eigenvalue weighted by Crippen LogP contribution is -2.35. The number of aryl methyl sites for hydroxylation is 1. The fraction of sp³-hybridized carbons (Fsp3) is 0.278. The quantitative estimate of drug-likeness (QED) is 0.550. The molecule has 0 aliphatic carbocycles. The average Bonchev–Trinajstić information content (AvgIpc) is 3.09. The van der Waals surface area contributed by atoms with Crippen molar-refractivity contribution < 1.29 is 27.9 Å². The van der Waals surface area contributed by atoms with Gasteiger partial charge in [0.15, 0.2) is 0 Å². The predicted octanol–water partition coefficient (Wildman–Crippen LogP) is 2.11. The van der Waals surface area contributed by atoms with Gasteiger partial charge in [0.1, 0.15) is 12.4 Å². The summed E-state index contributed by atoms with van der Waals surface area (Å²) in [4.78, 5) is 37.5. The molecule has 0 unspecified atom stereocenters. The average molecular weight is 504 g/mol. The second-order valence-electron chi connectivity index (χ2n) is 6.16. The molecule has 0 aliphatic rings. The maximum Gasteiger partial charge on any atom is 0.490 e. The van der Waals surface area contributed by atoms with Gasteiger partial charge in [-0.15, -0.1) is 0 Å². The lowest BCUT2D eigenvalue weighted by Gasteiger charge is -2.09. The topological polar surface area (TPSA) is 119 Å². The Morgan fingerprint density at radius 2 is 1.97 bits per heavy atom. The lowest BCUT2D eigenvalue weighted by atomic mass is 10.2. The molecule has 0 radical (unpaired) electrons. The van der Waals surface area contributed by atoms with Crippen LogP contribution >= 0.6 is 15.9 Å². The van der Waals surface area contributed by atoms with Gasteiger partial charge in [-0.25, -0.2) is 14.5 Å². The molecule has 13 heteroatoms. The van der Waals surface area contributed by atoms with Crippen LogP contribution in [-0.2, 0) is 22.7 Å². The monoisotopic (exact) mass is 503 g/mol. The van der Waals surface area contributed by atoms with Crippen LogP contribution in [0.2, 0.25) is 0 Å². The van der Waals surface area contributed by atoms with Crippen LogP contribution in [0.25, 0.3) is 10.8 Å². The zero-order valence-corrected chi connectivity index (χ0v) is 17.6. The Kier molecular flexibility index (Phi) is 7.91. The van der Waals surface area contributed by atoms with Crippen molar-refractivity contribution in [1.29, 1.82) is 0 Å². The summed E-state index contributed by atoms with van der Waals surface area (Å²) in [5.41, 5.74) is -0.283. The molecular formula is C18H17BrF3N5O4. The Morgan fingerprint density at radius 1 is 1.29 bits per heavy atom. The van der Waals surface area contributed by atoms with Gasteiger partial charge in [-0.1, -0.05) is 22.0 Å². The Labute approximate surface area is 181 Å². The number of hydrogen-bond donors (Lipinski definition) is 2. The van der Waals surface area contributed by atoms with E-state index in [1.165, 1.54) is 4.68 Å². The van der Waals surface area contributed by atoms with Crippen LogP contribution in [-0.4, -0.2) is 49.0 Å². The van der Waals surface area contributed by atoms with E-state index in [0.717, 1.165) is 15.7 Å². The second-order valence-corrected chi connectivity index (χ2v) is 7.08. The molecular weight excluding hydrogens is 487 g/mol. The van der Waals surface area contributed by atoms with Crippen LogP contribution in [0.4, 0.5) is 13.2 Å². The summed E-state index contributed by atoms with van der Waals surface area (Å²) in [6.45, 7) is 2.89. The fourth-order valence-corrected chi connectivity index (χ4v) is 2.77. The van der Waals surface area contributed by atoms with Crippen molar-refractivity contribution in [3.63, 3.8) is 0 Å². The van der Waals surface area contributed by atoms with Crippen LogP contribution in [0.1, 0.15) is 5.82 Å². The smallest absolute Gasteiger partial charge is 0.475 e. The second kappa shape index (κ2) is 10.2. The first-order chi connectivity index (χ1) is 14.5. The Hall–Kier alpha value is -3.22. The summed E-state index contributed by atoms with van der Waals surface area (Å²) < 4.78 is 35.7. The van der Waals surface area contributed by atoms with E-state index in [0.29, 0.717) is 18.5 Å². The van der Waals surface area contributed by atoms with Crippen molar-refractivity contribution >= 4 is 38.6 Å². The van der Waals surface area contributed by atoms with E-state index >= 15 is 0 Å². The van der Waals surface area contributed by atoms with Gasteiger partial charge in [-0.2, -0.15) is 18.3 Å². The van der Waals surface area contributed by atoms with Crippen molar-refractivity contribution in [3.05, 3.63) is 57.4 Å². The minimum atomic E-state index is -5.08. The molecule has 2 aromatic heterocycles. The van der Waals surface area contributed by atoms with Crippen LogP contribution in [0.15, 0.2) is 46.1 Å². The van der Waals surface area contributed by atoms with Gasteiger partial charge in [0.25, 0.3) is 5.56 Å². The van der Waals surface area contributed by atoms with Gasteiger partial charge < -0.3 is 15.0 Å². The van der Waals surface area contributed by atoms with Crippen LogP contribution in [0.3, 0.4) is 0 Å². The SMILES string of the molecule is Cc1nccn1CCNC(=O)Cn1ncc2ccc(Br)cc2c1=O.O=C(O)C(F)(F)F. The summed E-state index contributed by atoms with van der Waals surface area (Å²) in [5.74, 6) is -2.12. The largest absolute Gasteiger partial charge is 0.490 e. The number of carbonyl (C=O) groups is 2. The number of halogens is 4. The number of amides is 1. The number of carboxylic acid groups (broad SMARTS) is 1. The van der Waals surface area contributed by atoms with E-state index in [-0.39, 0.29) is 18.0 Å². The first-order valence-corrected chi connectivity index (χ1v) is 9.48. The summed E-state index contributed by atoms with van der Waals surface area (Å²) in [6, 6.07) is 5.39. The normalized spacial score (nSPS) is 11.0. The number of hydrogen-bond acceptors (Lipinski definition) is 5. The van der Waals surface area contributed by atoms with E-state index in [1.54, 1.807) is 18.5 Å². The highest BCUT2D eigenvalue weighted by Gasteiger charge is 2.38. The molecule has 0 fully saturated rings. The lowest BCUT2D eigenvalue weighted by molar-refractivity contribution is -0.192. The molecule has 31 heavy (non-hydrogen) atoms. The molecule has 3 aromatic rings. The summed E-state index contributed by atoms with van der Waals surface area (Å²) >= 11 is 3.35. The van der Waals surface area contributed by atoms with E-state index in [1.807, 2.05) is 29.8 Å². The van der Waals surface area contributed by atoms with E-state index in [9.17, 15) is 22.8 Å². The molecule has 1 aromatic carbocycles. The van der Waals surface area contributed by atoms with Gasteiger partial charge in [0.05, 0.1) is 11.6 Å². The van der Waals surface area contributed by atoms with Gasteiger partial charge in [0, 0.05) is 35.3 Å². The first kappa shape index (κ1) is 24.1. The van der Waals surface area contributed by atoms with E-state index < -0.39 is 12.1 Å². The third-order valence-electron chi connectivity index (χ3n) is 3.95. The zero-order chi connectivity index (χ0) is 23.2. The van der Waals surface area contributed by atoms with Gasteiger partial charge in [-0.05, 0) is 19.1 Å². The summed E-state index contributed by atoms with van der Waals surface area (Å²) in [5, 5.41) is 15.2. The van der Waals surface area contributed by atoms with Crippen LogP contribution in [0, 0.1) is 6.92 Å². The summed E-state index contributed by atoms with van der Waals surface area (Å²) in [6.07, 6.45) is 0.0773. The highest BCUT2D eigenvalue weighted by molar-refractivity contribution is 9.10. The minimum absolute atomic E-state index is 0.107. The number of benzene rings is 1. The maximum absolute atomic E-state index is 12.4. The molecule has 2 heterocycles. The molecule has 0 aliphatic heterocycles. The number of rotatable bonds is 5. The number of nitrogens with zero attached hydrogens (tertiary/aromatic N) is 4. The molecule has 1 amide bonds. The number of carbonyl (C=O) groups excluding carboxylic acids is 1. The third kappa shape index (κ3) is 6.91. The van der Waals surface area contributed by atoms with Crippen molar-refractivity contribution in [2.75, 3.05) is 6.54 Å². The Balaban J connectivity index is 0.000000423. The van der Waals surface area contributed by atoms with E-state index in [2.05, 4.69) is 31.3 Å². The molecule has 0 saturated carbocycles. The number of aliphatic carboxylic acids is 1. The molecule has 0 bridgehead atoms. The molecule has 9 nitrogen and oxygen atoms in total. The highest BCUT2D eigenvalue weighted by Crippen LogP contribution is 2.15. The minimum Gasteiger partial charge on any atom is -0.475 e. The maximum atomic E-state index is 12.4. The van der Waals surface area contributed by atoms with Crippen molar-refractivity contribution in [2.24, 2.45) is 0 Å². The van der Waals surface area contributed by atoms with Gasteiger partial charge >= 0.3 is 12.1 Å². The molecule has 0 saturated heterocycles. The van der Waals surface area contributed by atoms with Gasteiger partial charge in [-0.3, -0.25) is 9.59 Å². The fourth-order valence-electron chi connectivity index (χ4n) is 2.41. The zero-order valence-electron chi connectivity index (χ0n) is 16.1. The molecule has 3 rings (SSSR count). The number of alkyl halides is 3. The standard InChI is InChI=1S/C16H16BrN5O2.C2HF3O2/c1-11-18-4-6-21(11)7-5-19-15(23)10-22-16(24)14-8-13(17)3-2-12(14)9-20-22;3-2(4,5)1(6)7/h2-4,6,8-9H,5,7,10H2,1H3,(H,19,23);(H,6,7). The Morgan fingerprint density at radius 3 is 2.55 bits per heavy atom. The molecule has 0 spiro atoms. The predicted molar refractivity (Wildman–Crippen MR) is 107 cm³/mol. The molecule has 166 valence electrons. The number of nitrogens with one attached hydrogen (secondary N) is 1. The van der Waals surface area contributed by atoms with Crippen LogP contribution < -0.4 is 10.9 Å². The molecule has 0 atom stereocenters.